The highest BCUT2D eigenvalue weighted by Gasteiger charge is 2.46. The van der Waals surface area contributed by atoms with Crippen LogP contribution in [0.2, 0.25) is 0 Å². The average Bonchev–Trinajstić information content (AvgIpc) is 2.89. The SMILES string of the molecule is COC(=O)C1(c2ccc(Nc3nc(NC(C)c4ccccc4)cc(-c4ccccc4)n3)cc2)CCC1. The summed E-state index contributed by atoms with van der Waals surface area (Å²) in [4.78, 5) is 22.0. The summed E-state index contributed by atoms with van der Waals surface area (Å²) in [7, 11) is 1.46. The Kier molecular flexibility index (Phi) is 6.67. The Bertz CT molecular complexity index is 1320. The number of carbonyl (C=O) groups is 1. The lowest BCUT2D eigenvalue weighted by atomic mass is 9.64. The van der Waals surface area contributed by atoms with E-state index in [1.807, 2.05) is 78.9 Å². The molecule has 0 aliphatic heterocycles. The smallest absolute Gasteiger partial charge is 0.316 e. The quantitative estimate of drug-likeness (QED) is 0.276. The van der Waals surface area contributed by atoms with Crippen LogP contribution in [0.4, 0.5) is 17.5 Å². The lowest BCUT2D eigenvalue weighted by Crippen LogP contribution is -2.43. The van der Waals surface area contributed by atoms with Crippen molar-refractivity contribution in [2.45, 2.75) is 37.6 Å². The van der Waals surface area contributed by atoms with Crippen LogP contribution in [0.1, 0.15) is 43.4 Å². The number of benzene rings is 3. The maximum Gasteiger partial charge on any atom is 0.316 e. The fourth-order valence-electron chi connectivity index (χ4n) is 4.72. The topological polar surface area (TPSA) is 76.1 Å². The Morgan fingerprint density at radius 2 is 1.58 bits per heavy atom. The van der Waals surface area contributed by atoms with E-state index >= 15 is 0 Å². The summed E-state index contributed by atoms with van der Waals surface area (Å²) >= 11 is 0. The number of methoxy groups -OCH3 is 1. The Labute approximate surface area is 211 Å². The minimum absolute atomic E-state index is 0.0776. The average molecular weight is 479 g/mol. The summed E-state index contributed by atoms with van der Waals surface area (Å²) < 4.78 is 5.09. The first-order chi connectivity index (χ1) is 17.6. The van der Waals surface area contributed by atoms with Gasteiger partial charge in [0, 0.05) is 23.4 Å². The molecule has 4 aromatic rings. The predicted octanol–water partition coefficient (Wildman–Crippen LogP) is 6.66. The van der Waals surface area contributed by atoms with Crippen LogP contribution >= 0.6 is 0 Å². The standard InChI is InChI=1S/C30H30N4O2/c1-21(22-10-5-3-6-11-22)31-27-20-26(23-12-7-4-8-13-23)33-29(34-27)32-25-16-14-24(15-17-25)30(18-9-19-30)28(35)36-2/h3-8,10-17,20-21H,9,18-19H2,1-2H3,(H2,31,32,33,34). The highest BCUT2D eigenvalue weighted by molar-refractivity contribution is 5.84. The molecule has 0 radical (unpaired) electrons. The molecule has 0 amide bonds. The first kappa shape index (κ1) is 23.5. The highest BCUT2D eigenvalue weighted by Crippen LogP contribution is 2.45. The van der Waals surface area contributed by atoms with Crippen LogP contribution in [0.25, 0.3) is 11.3 Å². The third-order valence-corrected chi connectivity index (χ3v) is 6.94. The summed E-state index contributed by atoms with van der Waals surface area (Å²) in [5.74, 6) is 1.08. The summed E-state index contributed by atoms with van der Waals surface area (Å²) in [6.07, 6.45) is 2.68. The molecule has 36 heavy (non-hydrogen) atoms. The normalized spacial score (nSPS) is 14.8. The zero-order valence-corrected chi connectivity index (χ0v) is 20.6. The second-order valence-electron chi connectivity index (χ2n) is 9.23. The van der Waals surface area contributed by atoms with Crippen molar-refractivity contribution in [3.05, 3.63) is 102 Å². The predicted molar refractivity (Wildman–Crippen MR) is 143 cm³/mol. The van der Waals surface area contributed by atoms with Gasteiger partial charge in [-0.25, -0.2) is 4.98 Å². The number of carbonyl (C=O) groups excluding carboxylic acids is 1. The zero-order valence-electron chi connectivity index (χ0n) is 20.6. The van der Waals surface area contributed by atoms with E-state index in [0.29, 0.717) is 5.95 Å². The van der Waals surface area contributed by atoms with Gasteiger partial charge in [-0.2, -0.15) is 4.98 Å². The fraction of sp³-hybridized carbons (Fsp3) is 0.233. The molecule has 3 aromatic carbocycles. The van der Waals surface area contributed by atoms with Crippen molar-refractivity contribution in [1.29, 1.82) is 0 Å². The number of esters is 1. The molecular weight excluding hydrogens is 448 g/mol. The minimum atomic E-state index is -0.512. The molecule has 0 bridgehead atoms. The molecule has 1 unspecified atom stereocenters. The lowest BCUT2D eigenvalue weighted by Gasteiger charge is -2.39. The molecule has 6 heteroatoms. The molecule has 5 rings (SSSR count). The number of nitrogens with zero attached hydrogens (tertiary/aromatic N) is 2. The number of ether oxygens (including phenoxy) is 1. The number of hydrogen-bond acceptors (Lipinski definition) is 6. The molecule has 6 nitrogen and oxygen atoms in total. The number of hydrogen-bond donors (Lipinski definition) is 2. The summed E-state index contributed by atoms with van der Waals surface area (Å²) in [5.41, 5.74) is 4.35. The van der Waals surface area contributed by atoms with Gasteiger partial charge in [-0.05, 0) is 43.0 Å². The molecule has 1 aliphatic carbocycles. The van der Waals surface area contributed by atoms with Gasteiger partial charge in [0.05, 0.1) is 18.2 Å². The highest BCUT2D eigenvalue weighted by atomic mass is 16.5. The van der Waals surface area contributed by atoms with E-state index in [1.54, 1.807) is 0 Å². The number of anilines is 3. The molecule has 1 fully saturated rings. The van der Waals surface area contributed by atoms with Crippen molar-refractivity contribution in [3.8, 4) is 11.3 Å². The number of rotatable bonds is 8. The minimum Gasteiger partial charge on any atom is -0.468 e. The van der Waals surface area contributed by atoms with Crippen molar-refractivity contribution in [2.24, 2.45) is 0 Å². The number of nitrogens with one attached hydrogen (secondary N) is 2. The maximum absolute atomic E-state index is 12.4. The van der Waals surface area contributed by atoms with Gasteiger partial charge in [-0.15, -0.1) is 0 Å². The number of aromatic nitrogens is 2. The molecule has 1 aliphatic rings. The molecule has 1 saturated carbocycles. The Morgan fingerprint density at radius 1 is 0.917 bits per heavy atom. The maximum atomic E-state index is 12.4. The Hall–Kier alpha value is -4.19. The van der Waals surface area contributed by atoms with Gasteiger partial charge in [0.15, 0.2) is 0 Å². The van der Waals surface area contributed by atoms with E-state index < -0.39 is 5.41 Å². The first-order valence-corrected chi connectivity index (χ1v) is 12.3. The largest absolute Gasteiger partial charge is 0.468 e. The van der Waals surface area contributed by atoms with Crippen molar-refractivity contribution in [3.63, 3.8) is 0 Å². The van der Waals surface area contributed by atoms with Crippen LogP contribution < -0.4 is 10.6 Å². The van der Waals surface area contributed by atoms with Crippen LogP contribution in [0.15, 0.2) is 91.0 Å². The second kappa shape index (κ2) is 10.2. The molecule has 1 atom stereocenters. The summed E-state index contributed by atoms with van der Waals surface area (Å²) in [6.45, 7) is 2.11. The van der Waals surface area contributed by atoms with Crippen LogP contribution in [0.5, 0.6) is 0 Å². The van der Waals surface area contributed by atoms with Crippen molar-refractivity contribution in [1.82, 2.24) is 9.97 Å². The molecule has 1 aromatic heterocycles. The third kappa shape index (κ3) is 4.80. The lowest BCUT2D eigenvalue weighted by molar-refractivity contribution is -0.151. The second-order valence-corrected chi connectivity index (χ2v) is 9.23. The molecule has 1 heterocycles. The molecular formula is C30H30N4O2. The van der Waals surface area contributed by atoms with Crippen molar-refractivity contribution < 1.29 is 9.53 Å². The van der Waals surface area contributed by atoms with Gasteiger partial charge < -0.3 is 15.4 Å². The van der Waals surface area contributed by atoms with Gasteiger partial charge in [0.2, 0.25) is 5.95 Å². The molecule has 182 valence electrons. The van der Waals surface area contributed by atoms with Gasteiger partial charge in [0.1, 0.15) is 5.82 Å². The van der Waals surface area contributed by atoms with Crippen molar-refractivity contribution >= 4 is 23.4 Å². The van der Waals surface area contributed by atoms with E-state index in [-0.39, 0.29) is 12.0 Å². The Balaban J connectivity index is 1.42. The van der Waals surface area contributed by atoms with E-state index in [0.717, 1.165) is 47.6 Å². The van der Waals surface area contributed by atoms with Gasteiger partial charge in [-0.1, -0.05) is 79.2 Å². The first-order valence-electron chi connectivity index (χ1n) is 12.3. The van der Waals surface area contributed by atoms with Gasteiger partial charge >= 0.3 is 5.97 Å². The summed E-state index contributed by atoms with van der Waals surface area (Å²) in [6, 6.07) is 30.3. The van der Waals surface area contributed by atoms with Crippen LogP contribution in [0.3, 0.4) is 0 Å². The van der Waals surface area contributed by atoms with E-state index in [1.165, 1.54) is 12.7 Å². The molecule has 0 saturated heterocycles. The van der Waals surface area contributed by atoms with Crippen LogP contribution in [-0.2, 0) is 14.9 Å². The van der Waals surface area contributed by atoms with E-state index in [2.05, 4.69) is 29.7 Å². The van der Waals surface area contributed by atoms with Gasteiger partial charge in [-0.3, -0.25) is 4.79 Å². The van der Waals surface area contributed by atoms with Crippen LogP contribution in [0, 0.1) is 0 Å². The van der Waals surface area contributed by atoms with Crippen molar-refractivity contribution in [2.75, 3.05) is 17.7 Å². The summed E-state index contributed by atoms with van der Waals surface area (Å²) in [5, 5.41) is 6.86. The van der Waals surface area contributed by atoms with Gasteiger partial charge in [0.25, 0.3) is 0 Å². The van der Waals surface area contributed by atoms with Crippen LogP contribution in [-0.4, -0.2) is 23.0 Å². The van der Waals surface area contributed by atoms with E-state index in [9.17, 15) is 4.79 Å². The third-order valence-electron chi connectivity index (χ3n) is 6.94. The van der Waals surface area contributed by atoms with E-state index in [4.69, 9.17) is 14.7 Å². The zero-order chi connectivity index (χ0) is 25.0. The molecule has 0 spiro atoms. The molecule has 2 N–H and O–H groups in total. The fourth-order valence-corrected chi connectivity index (χ4v) is 4.72. The monoisotopic (exact) mass is 478 g/mol. The Morgan fingerprint density at radius 3 is 2.19 bits per heavy atom.